The summed E-state index contributed by atoms with van der Waals surface area (Å²) in [6, 6.07) is 21.8. The molecule has 0 bridgehead atoms. The van der Waals surface area contributed by atoms with Crippen molar-refractivity contribution in [2.24, 2.45) is 5.92 Å². The molecule has 9 heteroatoms. The molecular weight excluding hydrogens is 604 g/mol. The number of hydrogen-bond donors (Lipinski definition) is 1. The van der Waals surface area contributed by atoms with Gasteiger partial charge in [0, 0.05) is 50.7 Å². The zero-order chi connectivity index (χ0) is 33.6. The van der Waals surface area contributed by atoms with E-state index in [0.717, 1.165) is 63.1 Å². The summed E-state index contributed by atoms with van der Waals surface area (Å²) in [6.45, 7) is 6.01. The van der Waals surface area contributed by atoms with Crippen molar-refractivity contribution >= 4 is 23.4 Å². The first-order valence-electron chi connectivity index (χ1n) is 17.4. The molecule has 0 spiro atoms. The van der Waals surface area contributed by atoms with Crippen LogP contribution in [0, 0.1) is 5.92 Å². The van der Waals surface area contributed by atoms with E-state index in [2.05, 4.69) is 46.3 Å². The van der Waals surface area contributed by atoms with Crippen LogP contribution in [0.5, 0.6) is 11.5 Å². The predicted octanol–water partition coefficient (Wildman–Crippen LogP) is 5.88. The molecular formula is C39H48N4O5. The smallest absolute Gasteiger partial charge is 0.263 e. The molecule has 2 atom stereocenters. The number of imide groups is 1. The summed E-state index contributed by atoms with van der Waals surface area (Å²) in [6.07, 6.45) is 5.80. The number of hydrogen-bond acceptors (Lipinski definition) is 7. The minimum atomic E-state index is -0.393. The molecule has 6 rings (SSSR count). The van der Waals surface area contributed by atoms with Crippen molar-refractivity contribution in [3.05, 3.63) is 89.0 Å². The first kappa shape index (κ1) is 33.5. The predicted molar refractivity (Wildman–Crippen MR) is 187 cm³/mol. The highest BCUT2D eigenvalue weighted by atomic mass is 16.5. The molecule has 0 unspecified atom stereocenters. The summed E-state index contributed by atoms with van der Waals surface area (Å²) < 4.78 is 11.0. The van der Waals surface area contributed by atoms with Crippen LogP contribution in [-0.2, 0) is 11.2 Å². The number of nitrogens with zero attached hydrogens (tertiary/aromatic N) is 3. The van der Waals surface area contributed by atoms with Gasteiger partial charge in [-0.2, -0.15) is 0 Å². The molecule has 254 valence electrons. The van der Waals surface area contributed by atoms with E-state index in [-0.39, 0.29) is 23.6 Å². The topological polar surface area (TPSA) is 91.4 Å². The molecule has 1 saturated heterocycles. The fraction of sp³-hybridized carbons (Fsp3) is 0.462. The summed E-state index contributed by atoms with van der Waals surface area (Å²) in [5.74, 6) is 0.942. The molecule has 48 heavy (non-hydrogen) atoms. The number of anilines is 1. The van der Waals surface area contributed by atoms with Crippen molar-refractivity contribution in [3.8, 4) is 11.5 Å². The average Bonchev–Trinajstić information content (AvgIpc) is 3.76. The molecule has 9 nitrogen and oxygen atoms in total. The molecule has 1 N–H and O–H groups in total. The van der Waals surface area contributed by atoms with Crippen LogP contribution in [0.25, 0.3) is 0 Å². The number of ether oxygens (including phenoxy) is 2. The SMILES string of the molecule is COc1ccc(C[C@@H](CCCNC(=O)C2CCCC2)N2C(=O)c3cccc(N4CCN([C@H](C)c5ccccc5)CC4)c3C2=O)cc1OC. The molecule has 3 aliphatic rings. The third-order valence-corrected chi connectivity index (χ3v) is 10.4. The van der Waals surface area contributed by atoms with Crippen LogP contribution in [0.1, 0.15) is 83.3 Å². The number of benzene rings is 3. The monoisotopic (exact) mass is 652 g/mol. The van der Waals surface area contributed by atoms with Gasteiger partial charge in [-0.1, -0.05) is 55.3 Å². The van der Waals surface area contributed by atoms with Crippen molar-refractivity contribution in [2.75, 3.05) is 51.8 Å². The van der Waals surface area contributed by atoms with Crippen molar-refractivity contribution in [1.82, 2.24) is 15.1 Å². The Bertz CT molecular complexity index is 1600. The van der Waals surface area contributed by atoms with Crippen LogP contribution < -0.4 is 19.7 Å². The van der Waals surface area contributed by atoms with Crippen LogP contribution in [0.2, 0.25) is 0 Å². The van der Waals surface area contributed by atoms with Crippen LogP contribution in [0.15, 0.2) is 66.7 Å². The number of piperazine rings is 1. The molecule has 2 fully saturated rings. The van der Waals surface area contributed by atoms with Crippen molar-refractivity contribution in [3.63, 3.8) is 0 Å². The Kier molecular flexibility index (Phi) is 10.6. The molecule has 3 aromatic carbocycles. The van der Waals surface area contributed by atoms with Crippen LogP contribution in [0.4, 0.5) is 5.69 Å². The van der Waals surface area contributed by atoms with E-state index in [1.807, 2.05) is 36.4 Å². The maximum atomic E-state index is 14.4. The highest BCUT2D eigenvalue weighted by Gasteiger charge is 2.42. The minimum absolute atomic E-state index is 0.102. The van der Waals surface area contributed by atoms with Gasteiger partial charge in [-0.15, -0.1) is 0 Å². The normalized spacial score (nSPS) is 18.1. The second-order valence-corrected chi connectivity index (χ2v) is 13.3. The zero-order valence-electron chi connectivity index (χ0n) is 28.5. The fourth-order valence-electron chi connectivity index (χ4n) is 7.66. The lowest BCUT2D eigenvalue weighted by Crippen LogP contribution is -2.47. The Morgan fingerprint density at radius 1 is 0.875 bits per heavy atom. The number of rotatable bonds is 13. The van der Waals surface area contributed by atoms with Gasteiger partial charge in [0.2, 0.25) is 5.91 Å². The Labute approximate surface area is 284 Å². The third-order valence-electron chi connectivity index (χ3n) is 10.4. The molecule has 2 heterocycles. The number of fused-ring (bicyclic) bond motifs is 1. The van der Waals surface area contributed by atoms with Crippen molar-refractivity contribution < 1.29 is 23.9 Å². The van der Waals surface area contributed by atoms with E-state index < -0.39 is 6.04 Å². The highest BCUT2D eigenvalue weighted by molar-refractivity contribution is 6.24. The van der Waals surface area contributed by atoms with Crippen LogP contribution in [0.3, 0.4) is 0 Å². The lowest BCUT2D eigenvalue weighted by Gasteiger charge is -2.39. The number of amides is 3. The maximum Gasteiger partial charge on any atom is 0.263 e. The van der Waals surface area contributed by atoms with Crippen molar-refractivity contribution in [1.29, 1.82) is 0 Å². The van der Waals surface area contributed by atoms with E-state index >= 15 is 0 Å². The Hall–Kier alpha value is -4.37. The summed E-state index contributed by atoms with van der Waals surface area (Å²) in [5.41, 5.74) is 4.02. The lowest BCUT2D eigenvalue weighted by molar-refractivity contribution is -0.124. The van der Waals surface area contributed by atoms with Gasteiger partial charge in [-0.3, -0.25) is 24.2 Å². The lowest BCUT2D eigenvalue weighted by atomic mass is 9.99. The second-order valence-electron chi connectivity index (χ2n) is 13.3. The molecule has 0 radical (unpaired) electrons. The highest BCUT2D eigenvalue weighted by Crippen LogP contribution is 2.36. The van der Waals surface area contributed by atoms with Gasteiger partial charge >= 0.3 is 0 Å². The minimum Gasteiger partial charge on any atom is -0.493 e. The number of nitrogens with one attached hydrogen (secondary N) is 1. The fourth-order valence-corrected chi connectivity index (χ4v) is 7.66. The van der Waals surface area contributed by atoms with E-state index in [9.17, 15) is 14.4 Å². The Balaban J connectivity index is 1.19. The van der Waals surface area contributed by atoms with Crippen LogP contribution in [-0.4, -0.2) is 80.5 Å². The summed E-state index contributed by atoms with van der Waals surface area (Å²) in [4.78, 5) is 47.3. The van der Waals surface area contributed by atoms with Gasteiger partial charge in [0.1, 0.15) is 0 Å². The molecule has 1 aliphatic carbocycles. The number of carbonyl (C=O) groups is 3. The van der Waals surface area contributed by atoms with Gasteiger partial charge in [0.25, 0.3) is 11.8 Å². The first-order valence-corrected chi connectivity index (χ1v) is 17.4. The zero-order valence-corrected chi connectivity index (χ0v) is 28.5. The molecule has 3 amide bonds. The summed E-state index contributed by atoms with van der Waals surface area (Å²) >= 11 is 0. The van der Waals surface area contributed by atoms with Crippen molar-refractivity contribution in [2.45, 2.75) is 64.0 Å². The van der Waals surface area contributed by atoms with E-state index in [0.29, 0.717) is 54.5 Å². The molecule has 3 aromatic rings. The third kappa shape index (κ3) is 7.06. The van der Waals surface area contributed by atoms with Gasteiger partial charge < -0.3 is 19.7 Å². The first-order chi connectivity index (χ1) is 23.4. The summed E-state index contributed by atoms with van der Waals surface area (Å²) in [7, 11) is 3.19. The largest absolute Gasteiger partial charge is 0.493 e. The Morgan fingerprint density at radius 3 is 2.31 bits per heavy atom. The van der Waals surface area contributed by atoms with Gasteiger partial charge in [-0.25, -0.2) is 0 Å². The van der Waals surface area contributed by atoms with E-state index in [4.69, 9.17) is 9.47 Å². The maximum absolute atomic E-state index is 14.4. The number of carbonyl (C=O) groups excluding carboxylic acids is 3. The molecule has 1 saturated carbocycles. The summed E-state index contributed by atoms with van der Waals surface area (Å²) in [5, 5.41) is 3.11. The second kappa shape index (κ2) is 15.2. The van der Waals surface area contributed by atoms with E-state index in [1.165, 1.54) is 10.5 Å². The molecule has 0 aromatic heterocycles. The van der Waals surface area contributed by atoms with Crippen LogP contribution >= 0.6 is 0 Å². The average molecular weight is 653 g/mol. The quantitative estimate of drug-likeness (QED) is 0.182. The Morgan fingerprint density at radius 2 is 1.60 bits per heavy atom. The molecule has 2 aliphatic heterocycles. The van der Waals surface area contributed by atoms with E-state index in [1.54, 1.807) is 20.3 Å². The standard InChI is InChI=1S/C39H48N4O5/c1-27(29-11-5-4-6-12-29)41-21-23-42(24-22-41)33-17-9-16-32-36(33)39(46)43(38(32)45)31(15-10-20-40-37(44)30-13-7-8-14-30)25-28-18-19-34(47-2)35(26-28)48-3/h4-6,9,11-12,16-19,26-27,30-31H,7-8,10,13-15,20-25H2,1-3H3,(H,40,44)/t27-,31-/m1/s1. The van der Waals surface area contributed by atoms with Gasteiger partial charge in [0.05, 0.1) is 31.0 Å². The van der Waals surface area contributed by atoms with Gasteiger partial charge in [-0.05, 0) is 74.4 Å². The number of methoxy groups -OCH3 is 2. The van der Waals surface area contributed by atoms with Gasteiger partial charge in [0.15, 0.2) is 11.5 Å².